The summed E-state index contributed by atoms with van der Waals surface area (Å²) in [5.74, 6) is 1.01. The molecule has 0 aromatic rings. The zero-order valence-corrected chi connectivity index (χ0v) is 9.50. The Hall–Kier alpha value is -0.630. The van der Waals surface area contributed by atoms with Crippen molar-refractivity contribution in [2.45, 2.75) is 51.0 Å². The second-order valence-electron chi connectivity index (χ2n) is 4.75. The van der Waals surface area contributed by atoms with Gasteiger partial charge in [0.05, 0.1) is 6.10 Å². The molecule has 84 valence electrons. The number of hydrogen-bond donors (Lipinski definition) is 0. The van der Waals surface area contributed by atoms with Crippen LogP contribution in [0, 0.1) is 5.92 Å². The summed E-state index contributed by atoms with van der Waals surface area (Å²) in [5.41, 5.74) is 1.42. The molecule has 0 saturated heterocycles. The molecule has 1 fully saturated rings. The van der Waals surface area contributed by atoms with E-state index in [4.69, 9.17) is 4.74 Å². The second-order valence-corrected chi connectivity index (χ2v) is 4.75. The molecule has 2 aliphatic rings. The summed E-state index contributed by atoms with van der Waals surface area (Å²) < 4.78 is 5.36. The molecule has 2 heteroatoms. The molecular weight excluding hydrogens is 188 g/mol. The number of rotatable bonds is 2. The molecule has 0 radical (unpaired) electrons. The van der Waals surface area contributed by atoms with Crippen LogP contribution in [0.3, 0.4) is 0 Å². The van der Waals surface area contributed by atoms with Crippen molar-refractivity contribution in [3.05, 3.63) is 11.6 Å². The molecule has 15 heavy (non-hydrogen) atoms. The highest BCUT2D eigenvalue weighted by Crippen LogP contribution is 2.34. The molecule has 0 aromatic heterocycles. The van der Waals surface area contributed by atoms with Crippen LogP contribution in [0.4, 0.5) is 0 Å². The SMILES string of the molecule is CO[C@H]1CC[C@H](C2=CC(=O)CCC2)CC1. The molecule has 0 heterocycles. The van der Waals surface area contributed by atoms with E-state index in [9.17, 15) is 4.79 Å². The van der Waals surface area contributed by atoms with Gasteiger partial charge < -0.3 is 4.74 Å². The van der Waals surface area contributed by atoms with Gasteiger partial charge in [0.25, 0.3) is 0 Å². The van der Waals surface area contributed by atoms with Crippen molar-refractivity contribution in [2.24, 2.45) is 5.92 Å². The zero-order valence-electron chi connectivity index (χ0n) is 9.50. The Morgan fingerprint density at radius 3 is 2.53 bits per heavy atom. The molecular formula is C13H20O2. The van der Waals surface area contributed by atoms with E-state index in [-0.39, 0.29) is 0 Å². The topological polar surface area (TPSA) is 26.3 Å². The maximum Gasteiger partial charge on any atom is 0.155 e. The lowest BCUT2D eigenvalue weighted by Gasteiger charge is -2.30. The molecule has 0 spiro atoms. The van der Waals surface area contributed by atoms with Crippen molar-refractivity contribution >= 4 is 5.78 Å². The minimum Gasteiger partial charge on any atom is -0.381 e. The van der Waals surface area contributed by atoms with E-state index in [1.165, 1.54) is 18.4 Å². The highest BCUT2D eigenvalue weighted by atomic mass is 16.5. The Morgan fingerprint density at radius 2 is 1.93 bits per heavy atom. The van der Waals surface area contributed by atoms with E-state index in [0.29, 0.717) is 17.8 Å². The number of hydrogen-bond acceptors (Lipinski definition) is 2. The standard InChI is InChI=1S/C13H20O2/c1-15-13-7-5-10(6-8-13)11-3-2-4-12(14)9-11/h9-10,13H,2-8H2,1H3/t10-,13-. The van der Waals surface area contributed by atoms with E-state index in [1.807, 2.05) is 6.08 Å². The molecule has 0 aromatic carbocycles. The first kappa shape index (κ1) is 10.9. The van der Waals surface area contributed by atoms with Crippen LogP contribution in [-0.4, -0.2) is 19.0 Å². The molecule has 2 nitrogen and oxygen atoms in total. The van der Waals surface area contributed by atoms with Gasteiger partial charge in [-0.25, -0.2) is 0 Å². The quantitative estimate of drug-likeness (QED) is 0.697. The highest BCUT2D eigenvalue weighted by molar-refractivity contribution is 5.91. The fraction of sp³-hybridized carbons (Fsp3) is 0.769. The van der Waals surface area contributed by atoms with E-state index in [1.54, 1.807) is 7.11 Å². The summed E-state index contributed by atoms with van der Waals surface area (Å²) in [6.45, 7) is 0. The maximum absolute atomic E-state index is 11.3. The Balaban J connectivity index is 1.92. The zero-order chi connectivity index (χ0) is 10.7. The third kappa shape index (κ3) is 2.69. The average Bonchev–Trinajstić information content (AvgIpc) is 2.29. The number of carbonyl (C=O) groups is 1. The van der Waals surface area contributed by atoms with Crippen molar-refractivity contribution in [1.29, 1.82) is 0 Å². The van der Waals surface area contributed by atoms with Crippen LogP contribution < -0.4 is 0 Å². The largest absolute Gasteiger partial charge is 0.381 e. The van der Waals surface area contributed by atoms with Crippen LogP contribution >= 0.6 is 0 Å². The lowest BCUT2D eigenvalue weighted by Crippen LogP contribution is -2.22. The summed E-state index contributed by atoms with van der Waals surface area (Å²) in [4.78, 5) is 11.3. The number of ether oxygens (including phenoxy) is 1. The fourth-order valence-electron chi connectivity index (χ4n) is 2.81. The predicted octanol–water partition coefficient (Wildman–Crippen LogP) is 2.87. The third-order valence-corrected chi connectivity index (χ3v) is 3.77. The van der Waals surface area contributed by atoms with E-state index in [0.717, 1.165) is 32.1 Å². The van der Waals surface area contributed by atoms with Gasteiger partial charge in [-0.3, -0.25) is 4.79 Å². The van der Waals surface area contributed by atoms with E-state index in [2.05, 4.69) is 0 Å². The molecule has 1 saturated carbocycles. The minimum absolute atomic E-state index is 0.338. The molecule has 0 bridgehead atoms. The van der Waals surface area contributed by atoms with Gasteiger partial charge in [-0.2, -0.15) is 0 Å². The number of carbonyl (C=O) groups excluding carboxylic acids is 1. The Labute approximate surface area is 91.7 Å². The van der Waals surface area contributed by atoms with Gasteiger partial charge in [-0.15, -0.1) is 0 Å². The number of allylic oxidation sites excluding steroid dienone is 2. The monoisotopic (exact) mass is 208 g/mol. The third-order valence-electron chi connectivity index (χ3n) is 3.77. The minimum atomic E-state index is 0.338. The van der Waals surface area contributed by atoms with Crippen molar-refractivity contribution in [2.75, 3.05) is 7.11 Å². The van der Waals surface area contributed by atoms with Gasteiger partial charge in [0.2, 0.25) is 0 Å². The first-order valence-corrected chi connectivity index (χ1v) is 6.05. The van der Waals surface area contributed by atoms with Crippen LogP contribution in [-0.2, 0) is 9.53 Å². The first-order chi connectivity index (χ1) is 7.29. The van der Waals surface area contributed by atoms with Gasteiger partial charge in [0.15, 0.2) is 5.78 Å². The molecule has 0 amide bonds. The average molecular weight is 208 g/mol. The smallest absolute Gasteiger partial charge is 0.155 e. The van der Waals surface area contributed by atoms with Gasteiger partial charge in [-0.1, -0.05) is 5.57 Å². The number of ketones is 1. The summed E-state index contributed by atoms with van der Waals surface area (Å²) >= 11 is 0. The Kier molecular flexibility index (Phi) is 3.57. The van der Waals surface area contributed by atoms with Crippen molar-refractivity contribution in [1.82, 2.24) is 0 Å². The molecule has 2 aliphatic carbocycles. The highest BCUT2D eigenvalue weighted by Gasteiger charge is 2.25. The van der Waals surface area contributed by atoms with Gasteiger partial charge in [0, 0.05) is 13.5 Å². The summed E-state index contributed by atoms with van der Waals surface area (Å²) in [7, 11) is 1.80. The van der Waals surface area contributed by atoms with E-state index >= 15 is 0 Å². The summed E-state index contributed by atoms with van der Waals surface area (Å²) in [6, 6.07) is 0. The molecule has 0 N–H and O–H groups in total. The Bertz CT molecular complexity index is 260. The molecule has 0 unspecified atom stereocenters. The lowest BCUT2D eigenvalue weighted by atomic mass is 9.78. The van der Waals surface area contributed by atoms with Crippen LogP contribution in [0.15, 0.2) is 11.6 Å². The fourth-order valence-corrected chi connectivity index (χ4v) is 2.81. The van der Waals surface area contributed by atoms with Crippen molar-refractivity contribution < 1.29 is 9.53 Å². The summed E-state index contributed by atoms with van der Waals surface area (Å²) in [6.07, 6.45) is 10.1. The molecule has 0 aliphatic heterocycles. The van der Waals surface area contributed by atoms with Crippen molar-refractivity contribution in [3.63, 3.8) is 0 Å². The van der Waals surface area contributed by atoms with Gasteiger partial charge in [-0.05, 0) is 50.5 Å². The Morgan fingerprint density at radius 1 is 1.20 bits per heavy atom. The van der Waals surface area contributed by atoms with Crippen LogP contribution in [0.1, 0.15) is 44.9 Å². The first-order valence-electron chi connectivity index (χ1n) is 6.05. The van der Waals surface area contributed by atoms with Crippen LogP contribution in [0.2, 0.25) is 0 Å². The van der Waals surface area contributed by atoms with Gasteiger partial charge >= 0.3 is 0 Å². The number of methoxy groups -OCH3 is 1. The molecule has 0 atom stereocenters. The predicted molar refractivity (Wildman–Crippen MR) is 59.7 cm³/mol. The normalized spacial score (nSPS) is 32.6. The van der Waals surface area contributed by atoms with Gasteiger partial charge in [0.1, 0.15) is 0 Å². The van der Waals surface area contributed by atoms with E-state index < -0.39 is 0 Å². The van der Waals surface area contributed by atoms with Crippen molar-refractivity contribution in [3.8, 4) is 0 Å². The van der Waals surface area contributed by atoms with Crippen LogP contribution in [0.5, 0.6) is 0 Å². The maximum atomic E-state index is 11.3. The summed E-state index contributed by atoms with van der Waals surface area (Å²) in [5, 5.41) is 0. The second kappa shape index (κ2) is 4.93. The lowest BCUT2D eigenvalue weighted by molar-refractivity contribution is -0.115. The van der Waals surface area contributed by atoms with Crippen LogP contribution in [0.25, 0.3) is 0 Å². The molecule has 2 rings (SSSR count).